The molecule has 1 heteroatoms. The summed E-state index contributed by atoms with van der Waals surface area (Å²) in [7, 11) is 2.18. The minimum Gasteiger partial charge on any atom is -0.344 e. The molecule has 104 valence electrons. The van der Waals surface area contributed by atoms with Crippen molar-refractivity contribution in [1.82, 2.24) is 0 Å². The fourth-order valence-electron chi connectivity index (χ4n) is 3.51. The summed E-state index contributed by atoms with van der Waals surface area (Å²) in [5.74, 6) is 0. The summed E-state index contributed by atoms with van der Waals surface area (Å²) in [6, 6.07) is 11.2. The molecule has 21 heavy (non-hydrogen) atoms. The van der Waals surface area contributed by atoms with Gasteiger partial charge < -0.3 is 4.90 Å². The Morgan fingerprint density at radius 3 is 2.71 bits per heavy atom. The van der Waals surface area contributed by atoms with Crippen molar-refractivity contribution < 1.29 is 0 Å². The number of likely N-dealkylation sites (N-methyl/N-ethyl adjacent to an activating group) is 1. The third kappa shape index (κ3) is 1.70. The van der Waals surface area contributed by atoms with E-state index in [1.165, 1.54) is 44.4 Å². The van der Waals surface area contributed by atoms with Crippen molar-refractivity contribution in [2.24, 2.45) is 0 Å². The number of hydrogen-bond acceptors (Lipinski definition) is 1. The number of rotatable bonds is 0. The third-order valence-corrected chi connectivity index (χ3v) is 4.65. The zero-order valence-electron chi connectivity index (χ0n) is 12.8. The van der Waals surface area contributed by atoms with Gasteiger partial charge in [0.05, 0.1) is 0 Å². The normalized spacial score (nSPS) is 16.9. The van der Waals surface area contributed by atoms with Crippen LogP contribution in [0.4, 0.5) is 5.69 Å². The topological polar surface area (TPSA) is 3.24 Å². The Hall–Kier alpha value is -2.28. The van der Waals surface area contributed by atoms with Crippen LogP contribution in [0.25, 0.3) is 16.3 Å². The van der Waals surface area contributed by atoms with Gasteiger partial charge in [-0.15, -0.1) is 0 Å². The number of aryl methyl sites for hydroxylation is 1. The van der Waals surface area contributed by atoms with Crippen LogP contribution in [-0.2, 0) is 0 Å². The Labute approximate surface area is 125 Å². The van der Waals surface area contributed by atoms with Crippen LogP contribution in [0.2, 0.25) is 0 Å². The van der Waals surface area contributed by atoms with E-state index in [1.807, 2.05) is 0 Å². The van der Waals surface area contributed by atoms with Gasteiger partial charge in [0.15, 0.2) is 0 Å². The van der Waals surface area contributed by atoms with Gasteiger partial charge in [-0.3, -0.25) is 0 Å². The number of hydrogen-bond donors (Lipinski definition) is 0. The highest BCUT2D eigenvalue weighted by Gasteiger charge is 2.25. The quantitative estimate of drug-likeness (QED) is 0.636. The fraction of sp³-hybridized carbons (Fsp3) is 0.200. The molecule has 2 aromatic carbocycles. The van der Waals surface area contributed by atoms with Crippen LogP contribution in [-0.4, -0.2) is 7.05 Å². The van der Waals surface area contributed by atoms with Gasteiger partial charge >= 0.3 is 0 Å². The molecular formula is C20H19N. The first kappa shape index (κ1) is 12.5. The number of benzene rings is 2. The van der Waals surface area contributed by atoms with Crippen molar-refractivity contribution in [2.75, 3.05) is 11.9 Å². The number of nitrogens with zero attached hydrogens (tertiary/aromatic N) is 1. The van der Waals surface area contributed by atoms with E-state index in [-0.39, 0.29) is 0 Å². The van der Waals surface area contributed by atoms with Crippen LogP contribution in [0, 0.1) is 6.92 Å². The molecule has 0 bridgehead atoms. The van der Waals surface area contributed by atoms with Crippen LogP contribution in [0.1, 0.15) is 24.5 Å². The lowest BCUT2D eigenvalue weighted by Gasteiger charge is -2.33. The average molecular weight is 273 g/mol. The number of allylic oxidation sites excluding steroid dienone is 5. The number of anilines is 1. The number of fused-ring (bicyclic) bond motifs is 2. The van der Waals surface area contributed by atoms with E-state index in [9.17, 15) is 0 Å². The molecule has 1 heterocycles. The van der Waals surface area contributed by atoms with Crippen molar-refractivity contribution in [3.63, 3.8) is 0 Å². The van der Waals surface area contributed by atoms with Crippen LogP contribution in [0.3, 0.4) is 0 Å². The highest BCUT2D eigenvalue weighted by molar-refractivity contribution is 6.10. The summed E-state index contributed by atoms with van der Waals surface area (Å²) in [5.41, 5.74) is 8.05. The van der Waals surface area contributed by atoms with Crippen LogP contribution in [0.15, 0.2) is 59.8 Å². The summed E-state index contributed by atoms with van der Waals surface area (Å²) < 4.78 is 0. The van der Waals surface area contributed by atoms with Crippen molar-refractivity contribution in [1.29, 1.82) is 0 Å². The van der Waals surface area contributed by atoms with Gasteiger partial charge in [0.1, 0.15) is 0 Å². The van der Waals surface area contributed by atoms with Gasteiger partial charge in [0.2, 0.25) is 0 Å². The maximum Gasteiger partial charge on any atom is 0.0494 e. The molecule has 0 saturated carbocycles. The monoisotopic (exact) mass is 273 g/mol. The Morgan fingerprint density at radius 2 is 1.86 bits per heavy atom. The molecule has 2 aromatic rings. The van der Waals surface area contributed by atoms with Crippen LogP contribution >= 0.6 is 0 Å². The van der Waals surface area contributed by atoms with E-state index in [4.69, 9.17) is 0 Å². The van der Waals surface area contributed by atoms with Gasteiger partial charge in [-0.25, -0.2) is 0 Å². The summed E-state index contributed by atoms with van der Waals surface area (Å²) >= 11 is 0. The standard InChI is InChI=1S/C20H19N/c1-13-6-4-8-16-17-9-5-7-15-14(2)10-11-18(20(15)17)21(3)19(16)12-13/h5-12H,4H2,1-3H3. The van der Waals surface area contributed by atoms with Gasteiger partial charge in [-0.1, -0.05) is 42.0 Å². The second-order valence-electron chi connectivity index (χ2n) is 6.02. The van der Waals surface area contributed by atoms with E-state index in [2.05, 4.69) is 74.4 Å². The molecule has 1 aliphatic carbocycles. The average Bonchev–Trinajstić information content (AvgIpc) is 2.68. The van der Waals surface area contributed by atoms with E-state index in [0.29, 0.717) is 0 Å². The minimum absolute atomic E-state index is 1.01. The Kier molecular flexibility index (Phi) is 2.58. The summed E-state index contributed by atoms with van der Waals surface area (Å²) in [6.07, 6.45) is 7.97. The third-order valence-electron chi connectivity index (χ3n) is 4.65. The molecule has 0 fully saturated rings. The predicted octanol–water partition coefficient (Wildman–Crippen LogP) is 5.22. The van der Waals surface area contributed by atoms with E-state index >= 15 is 0 Å². The Balaban J connectivity index is 2.13. The summed E-state index contributed by atoms with van der Waals surface area (Å²) in [5, 5.41) is 2.76. The maximum atomic E-state index is 2.36. The molecule has 0 atom stereocenters. The smallest absolute Gasteiger partial charge is 0.0494 e. The first-order chi connectivity index (χ1) is 10.2. The van der Waals surface area contributed by atoms with Gasteiger partial charge in [-0.05, 0) is 48.9 Å². The van der Waals surface area contributed by atoms with Crippen molar-refractivity contribution >= 4 is 22.0 Å². The summed E-state index contributed by atoms with van der Waals surface area (Å²) in [4.78, 5) is 2.34. The Morgan fingerprint density at radius 1 is 1.00 bits per heavy atom. The molecule has 0 saturated heterocycles. The molecule has 0 radical (unpaired) electrons. The second-order valence-corrected chi connectivity index (χ2v) is 6.02. The Bertz CT molecular complexity index is 850. The van der Waals surface area contributed by atoms with Crippen molar-refractivity contribution in [3.05, 3.63) is 71.0 Å². The van der Waals surface area contributed by atoms with Crippen molar-refractivity contribution in [2.45, 2.75) is 20.3 Å². The largest absolute Gasteiger partial charge is 0.344 e. The second kappa shape index (κ2) is 4.36. The summed E-state index contributed by atoms with van der Waals surface area (Å²) in [6.45, 7) is 4.38. The zero-order valence-corrected chi connectivity index (χ0v) is 12.8. The molecule has 1 aliphatic heterocycles. The molecule has 4 rings (SSSR count). The minimum atomic E-state index is 1.01. The SMILES string of the molecule is CC1=CCC=C2C(=C1)N(C)c1ccc(C)c3cccc2c13. The molecule has 0 aromatic heterocycles. The zero-order chi connectivity index (χ0) is 14.6. The molecule has 1 nitrogen and oxygen atoms in total. The predicted molar refractivity (Wildman–Crippen MR) is 91.5 cm³/mol. The lowest BCUT2D eigenvalue weighted by atomic mass is 9.88. The van der Waals surface area contributed by atoms with Crippen molar-refractivity contribution in [3.8, 4) is 0 Å². The van der Waals surface area contributed by atoms with E-state index in [1.54, 1.807) is 0 Å². The first-order valence-corrected chi connectivity index (χ1v) is 7.52. The van der Waals surface area contributed by atoms with E-state index < -0.39 is 0 Å². The molecule has 0 spiro atoms. The first-order valence-electron chi connectivity index (χ1n) is 7.52. The van der Waals surface area contributed by atoms with Gasteiger partial charge in [0.25, 0.3) is 0 Å². The lowest BCUT2D eigenvalue weighted by Crippen LogP contribution is -2.22. The van der Waals surface area contributed by atoms with Crippen LogP contribution < -0.4 is 4.90 Å². The van der Waals surface area contributed by atoms with Gasteiger partial charge in [0, 0.05) is 29.4 Å². The molecular weight excluding hydrogens is 254 g/mol. The molecule has 0 amide bonds. The van der Waals surface area contributed by atoms with Gasteiger partial charge in [-0.2, -0.15) is 0 Å². The molecule has 0 unspecified atom stereocenters. The highest BCUT2D eigenvalue weighted by atomic mass is 15.1. The molecule has 0 N–H and O–H groups in total. The highest BCUT2D eigenvalue weighted by Crippen LogP contribution is 2.45. The van der Waals surface area contributed by atoms with E-state index in [0.717, 1.165) is 6.42 Å². The molecule has 2 aliphatic rings. The van der Waals surface area contributed by atoms with Crippen LogP contribution in [0.5, 0.6) is 0 Å². The maximum absolute atomic E-state index is 2.36. The fourth-order valence-corrected chi connectivity index (χ4v) is 3.51. The lowest BCUT2D eigenvalue weighted by molar-refractivity contribution is 1.13.